The largest absolute Gasteiger partial charge is 0.456 e. The lowest BCUT2D eigenvalue weighted by Gasteiger charge is -2.34. The van der Waals surface area contributed by atoms with Gasteiger partial charge in [-0.3, -0.25) is 0 Å². The van der Waals surface area contributed by atoms with Gasteiger partial charge in [0, 0.05) is 33.6 Å². The SMILES string of the molecule is C1=Cc2oc3ccccc3c2C(N(c2ccccc2)c2ccc3c(n2)oc2ccccc23)N1. The van der Waals surface area contributed by atoms with Crippen LogP contribution in [0.4, 0.5) is 11.5 Å². The van der Waals surface area contributed by atoms with Gasteiger partial charge in [0.1, 0.15) is 28.9 Å². The van der Waals surface area contributed by atoms with Crippen LogP contribution in [0.3, 0.4) is 0 Å². The number of aromatic nitrogens is 1. The number of benzene rings is 3. The Morgan fingerprint density at radius 2 is 1.42 bits per heavy atom. The number of hydrogen-bond donors (Lipinski definition) is 1. The van der Waals surface area contributed by atoms with Crippen LogP contribution in [0.15, 0.2) is 106 Å². The molecule has 7 rings (SSSR count). The van der Waals surface area contributed by atoms with Gasteiger partial charge in [-0.15, -0.1) is 0 Å². The summed E-state index contributed by atoms with van der Waals surface area (Å²) < 4.78 is 12.3. The third-order valence-electron chi connectivity index (χ3n) is 6.19. The minimum Gasteiger partial charge on any atom is -0.456 e. The molecule has 158 valence electrons. The van der Waals surface area contributed by atoms with E-state index >= 15 is 0 Å². The van der Waals surface area contributed by atoms with E-state index in [-0.39, 0.29) is 6.17 Å². The normalized spacial score (nSPS) is 15.1. The Labute approximate surface area is 189 Å². The van der Waals surface area contributed by atoms with Gasteiger partial charge in [-0.25, -0.2) is 0 Å². The van der Waals surface area contributed by atoms with Crippen molar-refractivity contribution in [3.63, 3.8) is 0 Å². The number of furan rings is 2. The van der Waals surface area contributed by atoms with Crippen LogP contribution in [0.5, 0.6) is 0 Å². The van der Waals surface area contributed by atoms with Crippen molar-refractivity contribution in [2.45, 2.75) is 6.17 Å². The molecule has 0 fully saturated rings. The molecular formula is C28H19N3O2. The Balaban J connectivity index is 1.46. The number of para-hydroxylation sites is 3. The Morgan fingerprint density at radius 1 is 0.697 bits per heavy atom. The fourth-order valence-electron chi connectivity index (χ4n) is 4.72. The van der Waals surface area contributed by atoms with Crippen LogP contribution < -0.4 is 10.2 Å². The molecule has 0 aliphatic carbocycles. The molecule has 1 N–H and O–H groups in total. The Hall–Kier alpha value is -4.51. The molecule has 1 atom stereocenters. The highest BCUT2D eigenvalue weighted by atomic mass is 16.3. The summed E-state index contributed by atoms with van der Waals surface area (Å²) in [7, 11) is 0. The maximum atomic E-state index is 6.16. The Bertz CT molecular complexity index is 1660. The molecule has 6 aromatic rings. The lowest BCUT2D eigenvalue weighted by atomic mass is 10.0. The molecule has 3 aromatic heterocycles. The van der Waals surface area contributed by atoms with Crippen LogP contribution in [-0.4, -0.2) is 4.98 Å². The second-order valence-electron chi connectivity index (χ2n) is 8.10. The van der Waals surface area contributed by atoms with Crippen molar-refractivity contribution in [3.05, 3.63) is 109 Å². The van der Waals surface area contributed by atoms with Gasteiger partial charge in [0.05, 0.1) is 0 Å². The number of pyridine rings is 1. The molecule has 0 amide bonds. The highest BCUT2D eigenvalue weighted by molar-refractivity contribution is 6.04. The van der Waals surface area contributed by atoms with E-state index in [1.165, 1.54) is 0 Å². The fraction of sp³-hybridized carbons (Fsp3) is 0.0357. The van der Waals surface area contributed by atoms with Crippen molar-refractivity contribution < 1.29 is 8.83 Å². The van der Waals surface area contributed by atoms with Gasteiger partial charge >= 0.3 is 0 Å². The van der Waals surface area contributed by atoms with Gasteiger partial charge in [-0.2, -0.15) is 4.98 Å². The predicted octanol–water partition coefficient (Wildman–Crippen LogP) is 7.14. The van der Waals surface area contributed by atoms with E-state index in [1.54, 1.807) is 0 Å². The van der Waals surface area contributed by atoms with E-state index in [2.05, 4.69) is 46.6 Å². The topological polar surface area (TPSA) is 54.4 Å². The first-order chi connectivity index (χ1) is 16.4. The predicted molar refractivity (Wildman–Crippen MR) is 131 cm³/mol. The molecule has 4 heterocycles. The quantitative estimate of drug-likeness (QED) is 0.324. The number of rotatable bonds is 3. The molecule has 5 nitrogen and oxygen atoms in total. The van der Waals surface area contributed by atoms with Crippen molar-refractivity contribution >= 4 is 50.6 Å². The van der Waals surface area contributed by atoms with Crippen LogP contribution in [0.25, 0.3) is 39.1 Å². The van der Waals surface area contributed by atoms with Crippen molar-refractivity contribution in [2.75, 3.05) is 4.90 Å². The molecule has 0 spiro atoms. The zero-order valence-electron chi connectivity index (χ0n) is 17.6. The number of fused-ring (bicyclic) bond motifs is 6. The van der Waals surface area contributed by atoms with Crippen molar-refractivity contribution in [3.8, 4) is 0 Å². The van der Waals surface area contributed by atoms with Gasteiger partial charge in [0.15, 0.2) is 0 Å². The Kier molecular flexibility index (Phi) is 3.84. The summed E-state index contributed by atoms with van der Waals surface area (Å²) in [5.74, 6) is 1.64. The maximum Gasteiger partial charge on any atom is 0.229 e. The minimum atomic E-state index is -0.203. The summed E-state index contributed by atoms with van der Waals surface area (Å²) in [5.41, 5.74) is 4.44. The zero-order chi connectivity index (χ0) is 21.8. The molecule has 0 bridgehead atoms. The maximum absolute atomic E-state index is 6.16. The summed E-state index contributed by atoms with van der Waals surface area (Å²) in [6.07, 6.45) is 3.71. The summed E-state index contributed by atoms with van der Waals surface area (Å²) in [5, 5.41) is 6.70. The average Bonchev–Trinajstić information content (AvgIpc) is 3.43. The molecule has 5 heteroatoms. The number of hydrogen-bond acceptors (Lipinski definition) is 5. The first-order valence-corrected chi connectivity index (χ1v) is 10.9. The molecular weight excluding hydrogens is 410 g/mol. The van der Waals surface area contributed by atoms with E-state index in [0.717, 1.165) is 50.2 Å². The highest BCUT2D eigenvalue weighted by Gasteiger charge is 2.31. The minimum absolute atomic E-state index is 0.203. The third-order valence-corrected chi connectivity index (χ3v) is 6.19. The monoisotopic (exact) mass is 429 g/mol. The smallest absolute Gasteiger partial charge is 0.229 e. The van der Waals surface area contributed by atoms with Crippen molar-refractivity contribution in [1.82, 2.24) is 10.3 Å². The lowest BCUT2D eigenvalue weighted by Crippen LogP contribution is -2.35. The van der Waals surface area contributed by atoms with Gasteiger partial charge in [0.2, 0.25) is 5.71 Å². The lowest BCUT2D eigenvalue weighted by molar-refractivity contribution is 0.559. The number of nitrogens with one attached hydrogen (secondary N) is 1. The molecule has 0 saturated carbocycles. The highest BCUT2D eigenvalue weighted by Crippen LogP contribution is 2.41. The van der Waals surface area contributed by atoms with Crippen molar-refractivity contribution in [2.24, 2.45) is 0 Å². The van der Waals surface area contributed by atoms with Gasteiger partial charge < -0.3 is 19.1 Å². The zero-order valence-corrected chi connectivity index (χ0v) is 17.6. The first-order valence-electron chi connectivity index (χ1n) is 10.9. The molecule has 0 radical (unpaired) electrons. The van der Waals surface area contributed by atoms with Crippen LogP contribution in [-0.2, 0) is 0 Å². The number of anilines is 2. The van der Waals surface area contributed by atoms with Gasteiger partial charge in [-0.1, -0.05) is 54.6 Å². The summed E-state index contributed by atoms with van der Waals surface area (Å²) in [4.78, 5) is 7.16. The van der Waals surface area contributed by atoms with Gasteiger partial charge in [-0.05, 0) is 42.5 Å². The molecule has 3 aromatic carbocycles. The van der Waals surface area contributed by atoms with E-state index < -0.39 is 0 Å². The first kappa shape index (κ1) is 18.1. The standard InChI is InChI=1S/C28H19N3O2/c1-2-8-18(9-3-1)31(25-15-14-20-19-10-4-6-12-22(19)33-28(20)30-25)27-26-21-11-5-7-13-23(21)32-24(26)16-17-29-27/h1-17,27,29H. The Morgan fingerprint density at radius 3 is 2.27 bits per heavy atom. The average molecular weight is 429 g/mol. The molecule has 33 heavy (non-hydrogen) atoms. The van der Waals surface area contributed by atoms with Crippen LogP contribution in [0.1, 0.15) is 17.5 Å². The van der Waals surface area contributed by atoms with Crippen molar-refractivity contribution in [1.29, 1.82) is 0 Å². The van der Waals surface area contributed by atoms with Crippen LogP contribution in [0.2, 0.25) is 0 Å². The summed E-state index contributed by atoms with van der Waals surface area (Å²) in [6, 6.07) is 30.6. The van der Waals surface area contributed by atoms with E-state index in [0.29, 0.717) is 5.71 Å². The third kappa shape index (κ3) is 2.76. The van der Waals surface area contributed by atoms with E-state index in [4.69, 9.17) is 13.8 Å². The van der Waals surface area contributed by atoms with E-state index in [1.807, 2.05) is 66.9 Å². The van der Waals surface area contributed by atoms with Gasteiger partial charge in [0.25, 0.3) is 0 Å². The number of nitrogens with zero attached hydrogens (tertiary/aromatic N) is 2. The second kappa shape index (κ2) is 7.00. The molecule has 1 aliphatic rings. The van der Waals surface area contributed by atoms with Crippen LogP contribution >= 0.6 is 0 Å². The summed E-state index contributed by atoms with van der Waals surface area (Å²) >= 11 is 0. The fourth-order valence-corrected chi connectivity index (χ4v) is 4.72. The second-order valence-corrected chi connectivity index (χ2v) is 8.10. The molecule has 0 saturated heterocycles. The summed E-state index contributed by atoms with van der Waals surface area (Å²) in [6.45, 7) is 0. The van der Waals surface area contributed by atoms with Crippen LogP contribution in [0, 0.1) is 0 Å². The molecule has 1 unspecified atom stereocenters. The van der Waals surface area contributed by atoms with E-state index in [9.17, 15) is 0 Å². The molecule has 1 aliphatic heterocycles.